The van der Waals surface area contributed by atoms with E-state index in [1.165, 1.54) is 0 Å². The molecule has 0 radical (unpaired) electrons. The molecule has 0 saturated carbocycles. The first-order valence-electron chi connectivity index (χ1n) is 6.38. The van der Waals surface area contributed by atoms with Gasteiger partial charge in [0.05, 0.1) is 11.2 Å². The summed E-state index contributed by atoms with van der Waals surface area (Å²) >= 11 is 0. The second-order valence-corrected chi connectivity index (χ2v) is 5.48. The van der Waals surface area contributed by atoms with Gasteiger partial charge in [-0.25, -0.2) is 0 Å². The highest BCUT2D eigenvalue weighted by atomic mass is 16.5. The third kappa shape index (κ3) is 9.53. The molecular formula is C13H29NO3. The van der Waals surface area contributed by atoms with Crippen LogP contribution >= 0.6 is 0 Å². The summed E-state index contributed by atoms with van der Waals surface area (Å²) in [5.41, 5.74) is 4.60. The first-order valence-corrected chi connectivity index (χ1v) is 6.38. The Bertz CT molecular complexity index is 173. The molecule has 17 heavy (non-hydrogen) atoms. The predicted octanol–water partition coefficient (Wildman–Crippen LogP) is 1.70. The molecule has 0 rings (SSSR count). The van der Waals surface area contributed by atoms with Gasteiger partial charge in [-0.2, -0.15) is 0 Å². The van der Waals surface area contributed by atoms with Crippen molar-refractivity contribution in [1.29, 1.82) is 0 Å². The Kier molecular flexibility index (Phi) is 7.96. The summed E-state index contributed by atoms with van der Waals surface area (Å²) in [5.74, 6) is 0. The number of rotatable bonds is 10. The molecule has 0 aromatic carbocycles. The highest BCUT2D eigenvalue weighted by Gasteiger charge is 2.17. The third-order valence-electron chi connectivity index (χ3n) is 3.09. The lowest BCUT2D eigenvalue weighted by atomic mass is 10.00. The maximum absolute atomic E-state index is 9.68. The van der Waals surface area contributed by atoms with Crippen molar-refractivity contribution >= 4 is 0 Å². The van der Waals surface area contributed by atoms with Crippen LogP contribution in [0.3, 0.4) is 0 Å². The molecule has 0 bridgehead atoms. The molecule has 0 fully saturated rings. The lowest BCUT2D eigenvalue weighted by molar-refractivity contribution is -0.0108. The van der Waals surface area contributed by atoms with Crippen molar-refractivity contribution in [3.63, 3.8) is 0 Å². The van der Waals surface area contributed by atoms with Gasteiger partial charge in [0.25, 0.3) is 0 Å². The van der Waals surface area contributed by atoms with Crippen molar-refractivity contribution < 1.29 is 14.6 Å². The summed E-state index contributed by atoms with van der Waals surface area (Å²) in [6, 6.07) is 0. The third-order valence-corrected chi connectivity index (χ3v) is 3.09. The van der Waals surface area contributed by atoms with E-state index in [-0.39, 0.29) is 5.60 Å². The van der Waals surface area contributed by atoms with Crippen LogP contribution in [0.2, 0.25) is 0 Å². The number of hydrogen-bond donors (Lipinski definition) is 2. The van der Waals surface area contributed by atoms with E-state index in [1.54, 1.807) is 14.0 Å². The quantitative estimate of drug-likeness (QED) is 0.577. The molecule has 0 spiro atoms. The van der Waals surface area contributed by atoms with Crippen LogP contribution < -0.4 is 5.73 Å². The summed E-state index contributed by atoms with van der Waals surface area (Å²) in [4.78, 5) is 0. The summed E-state index contributed by atoms with van der Waals surface area (Å²) < 4.78 is 10.8. The van der Waals surface area contributed by atoms with E-state index in [1.807, 2.05) is 0 Å². The standard InChI is InChI=1S/C13H29NO3/c1-12(2,16-4)8-10-17-9-6-5-7-13(3,15)11-14/h15H,5-11,14H2,1-4H3. The van der Waals surface area contributed by atoms with Crippen molar-refractivity contribution in [3.05, 3.63) is 0 Å². The Morgan fingerprint density at radius 2 is 1.71 bits per heavy atom. The molecule has 0 heterocycles. The van der Waals surface area contributed by atoms with E-state index in [9.17, 15) is 5.11 Å². The van der Waals surface area contributed by atoms with Crippen LogP contribution in [0.4, 0.5) is 0 Å². The van der Waals surface area contributed by atoms with Gasteiger partial charge in [0.15, 0.2) is 0 Å². The maximum Gasteiger partial charge on any atom is 0.0741 e. The van der Waals surface area contributed by atoms with E-state index >= 15 is 0 Å². The lowest BCUT2D eigenvalue weighted by Crippen LogP contribution is -2.33. The summed E-state index contributed by atoms with van der Waals surface area (Å²) in [6.07, 6.45) is 3.53. The monoisotopic (exact) mass is 247 g/mol. The van der Waals surface area contributed by atoms with Crippen LogP contribution in [-0.4, -0.2) is 43.2 Å². The van der Waals surface area contributed by atoms with Gasteiger partial charge in [0.1, 0.15) is 0 Å². The largest absolute Gasteiger partial charge is 0.389 e. The second kappa shape index (κ2) is 8.03. The lowest BCUT2D eigenvalue weighted by Gasteiger charge is -2.22. The zero-order valence-electron chi connectivity index (χ0n) is 11.8. The Labute approximate surface area is 105 Å². The number of aliphatic hydroxyl groups is 1. The topological polar surface area (TPSA) is 64.7 Å². The van der Waals surface area contributed by atoms with Gasteiger partial charge in [0.2, 0.25) is 0 Å². The fraction of sp³-hybridized carbons (Fsp3) is 1.00. The number of methoxy groups -OCH3 is 1. The molecule has 1 atom stereocenters. The molecule has 104 valence electrons. The summed E-state index contributed by atoms with van der Waals surface area (Å²) in [5, 5.41) is 9.68. The minimum Gasteiger partial charge on any atom is -0.389 e. The van der Waals surface area contributed by atoms with Gasteiger partial charge in [-0.3, -0.25) is 0 Å². The molecule has 0 amide bonds. The zero-order valence-corrected chi connectivity index (χ0v) is 11.8. The van der Waals surface area contributed by atoms with Crippen LogP contribution in [-0.2, 0) is 9.47 Å². The summed E-state index contributed by atoms with van der Waals surface area (Å²) in [7, 11) is 1.72. The molecule has 0 aliphatic heterocycles. The van der Waals surface area contributed by atoms with Crippen molar-refractivity contribution in [2.75, 3.05) is 26.9 Å². The number of hydrogen-bond acceptors (Lipinski definition) is 4. The van der Waals surface area contributed by atoms with Gasteiger partial charge in [-0.15, -0.1) is 0 Å². The van der Waals surface area contributed by atoms with E-state index < -0.39 is 5.60 Å². The fourth-order valence-electron chi connectivity index (χ4n) is 1.33. The SMILES string of the molecule is COC(C)(C)CCOCCCCC(C)(O)CN. The minimum absolute atomic E-state index is 0.108. The Balaban J connectivity index is 3.36. The first kappa shape index (κ1) is 16.8. The van der Waals surface area contributed by atoms with E-state index in [0.29, 0.717) is 13.2 Å². The molecule has 4 nitrogen and oxygen atoms in total. The number of ether oxygens (including phenoxy) is 2. The first-order chi connectivity index (χ1) is 7.83. The minimum atomic E-state index is -0.724. The van der Waals surface area contributed by atoms with E-state index in [2.05, 4.69) is 13.8 Å². The van der Waals surface area contributed by atoms with Gasteiger partial charge in [0, 0.05) is 26.9 Å². The molecule has 4 heteroatoms. The van der Waals surface area contributed by atoms with E-state index in [0.717, 1.165) is 32.3 Å². The van der Waals surface area contributed by atoms with Gasteiger partial charge < -0.3 is 20.3 Å². The molecule has 0 aliphatic carbocycles. The van der Waals surface area contributed by atoms with Gasteiger partial charge >= 0.3 is 0 Å². The van der Waals surface area contributed by atoms with Gasteiger partial charge in [-0.05, 0) is 46.5 Å². The predicted molar refractivity (Wildman–Crippen MR) is 70.1 cm³/mol. The molecular weight excluding hydrogens is 218 g/mol. The van der Waals surface area contributed by atoms with Crippen LogP contribution in [0.1, 0.15) is 46.5 Å². The molecule has 0 saturated heterocycles. The molecule has 0 aliphatic rings. The van der Waals surface area contributed by atoms with Crippen LogP contribution in [0.5, 0.6) is 0 Å². The van der Waals surface area contributed by atoms with Crippen molar-refractivity contribution in [2.24, 2.45) is 5.73 Å². The highest BCUT2D eigenvalue weighted by molar-refractivity contribution is 4.72. The van der Waals surface area contributed by atoms with Crippen LogP contribution in [0.15, 0.2) is 0 Å². The van der Waals surface area contributed by atoms with Crippen molar-refractivity contribution in [1.82, 2.24) is 0 Å². The molecule has 3 N–H and O–H groups in total. The van der Waals surface area contributed by atoms with Crippen LogP contribution in [0, 0.1) is 0 Å². The van der Waals surface area contributed by atoms with Gasteiger partial charge in [-0.1, -0.05) is 0 Å². The van der Waals surface area contributed by atoms with Crippen molar-refractivity contribution in [3.8, 4) is 0 Å². The Morgan fingerprint density at radius 1 is 1.06 bits per heavy atom. The average molecular weight is 247 g/mol. The van der Waals surface area contributed by atoms with Crippen LogP contribution in [0.25, 0.3) is 0 Å². The highest BCUT2D eigenvalue weighted by Crippen LogP contribution is 2.14. The second-order valence-electron chi connectivity index (χ2n) is 5.48. The number of unbranched alkanes of at least 4 members (excludes halogenated alkanes) is 1. The number of nitrogens with two attached hydrogens (primary N) is 1. The maximum atomic E-state index is 9.68. The smallest absolute Gasteiger partial charge is 0.0741 e. The normalized spacial score (nSPS) is 15.9. The molecule has 1 unspecified atom stereocenters. The Hall–Kier alpha value is -0.160. The summed E-state index contributed by atoms with van der Waals surface area (Å²) in [6.45, 7) is 7.64. The molecule has 0 aromatic rings. The molecule has 0 aromatic heterocycles. The fourth-order valence-corrected chi connectivity index (χ4v) is 1.33. The van der Waals surface area contributed by atoms with Crippen molar-refractivity contribution in [2.45, 2.75) is 57.7 Å². The van der Waals surface area contributed by atoms with E-state index in [4.69, 9.17) is 15.2 Å². The zero-order chi connectivity index (χ0) is 13.4. The average Bonchev–Trinajstić information content (AvgIpc) is 2.27. The Morgan fingerprint density at radius 3 is 2.24 bits per heavy atom.